The summed E-state index contributed by atoms with van der Waals surface area (Å²) in [5, 5.41) is 17.5. The van der Waals surface area contributed by atoms with Crippen molar-refractivity contribution in [3.63, 3.8) is 0 Å². The van der Waals surface area contributed by atoms with Crippen molar-refractivity contribution in [1.29, 1.82) is 0 Å². The maximum atomic E-state index is 14.8. The molecule has 5 rings (SSSR count). The SMILES string of the molecule is CC(C)(C)C[C@]1(c2ccc(Br)cc2)N=C(NC(=O)O)N(C(COC(=O)NC2(C(F)(F)F)CC2)c2ccc(Cl)c(-n3ncnc3C(F)F)c2)C1=O. The lowest BCUT2D eigenvalue weighted by atomic mass is 9.75. The van der Waals surface area contributed by atoms with E-state index in [4.69, 9.17) is 16.3 Å². The van der Waals surface area contributed by atoms with Crippen molar-refractivity contribution < 1.29 is 46.2 Å². The van der Waals surface area contributed by atoms with Gasteiger partial charge in [0.1, 0.15) is 18.5 Å². The van der Waals surface area contributed by atoms with Crippen LogP contribution in [-0.4, -0.2) is 67.1 Å². The highest BCUT2D eigenvalue weighted by atomic mass is 79.9. The van der Waals surface area contributed by atoms with Gasteiger partial charge in [-0.05, 0) is 60.1 Å². The number of hydrogen-bond donors (Lipinski definition) is 3. The molecule has 12 nitrogen and oxygen atoms in total. The first-order valence-electron chi connectivity index (χ1n) is 15.0. The highest BCUT2D eigenvalue weighted by Crippen LogP contribution is 2.49. The minimum absolute atomic E-state index is 0.0421. The second-order valence-electron chi connectivity index (χ2n) is 13.0. The number of nitrogens with zero attached hydrogens (tertiary/aromatic N) is 5. The molecule has 0 saturated heterocycles. The number of carbonyl (C=O) groups is 3. The van der Waals surface area contributed by atoms with Crippen LogP contribution < -0.4 is 10.6 Å². The fraction of sp³-hybridized carbons (Fsp3) is 0.419. The van der Waals surface area contributed by atoms with Crippen molar-refractivity contribution in [2.45, 2.75) is 69.8 Å². The Hall–Kier alpha value is -4.32. The molecule has 3 N–H and O–H groups in total. The number of aliphatic imine (C=N–C) groups is 1. The van der Waals surface area contributed by atoms with Gasteiger partial charge >= 0.3 is 18.4 Å². The maximum absolute atomic E-state index is 14.8. The van der Waals surface area contributed by atoms with E-state index in [1.807, 2.05) is 26.1 Å². The van der Waals surface area contributed by atoms with Gasteiger partial charge in [-0.3, -0.25) is 15.0 Å². The van der Waals surface area contributed by atoms with Crippen LogP contribution in [0.4, 0.5) is 31.5 Å². The van der Waals surface area contributed by atoms with Gasteiger partial charge in [0.2, 0.25) is 5.96 Å². The molecule has 2 atom stereocenters. The molecule has 1 fully saturated rings. The second kappa shape index (κ2) is 13.4. The van der Waals surface area contributed by atoms with Crippen LogP contribution in [0, 0.1) is 5.41 Å². The molecule has 268 valence electrons. The normalized spacial score (nSPS) is 19.3. The lowest BCUT2D eigenvalue weighted by Crippen LogP contribution is -2.51. The van der Waals surface area contributed by atoms with Crippen LogP contribution in [-0.2, 0) is 15.1 Å². The van der Waals surface area contributed by atoms with Crippen molar-refractivity contribution in [2.24, 2.45) is 10.4 Å². The molecule has 2 aliphatic rings. The van der Waals surface area contributed by atoms with Gasteiger partial charge in [-0.2, -0.15) is 18.3 Å². The molecule has 50 heavy (non-hydrogen) atoms. The number of amides is 3. The third kappa shape index (κ3) is 7.40. The molecule has 2 heterocycles. The zero-order valence-electron chi connectivity index (χ0n) is 26.6. The summed E-state index contributed by atoms with van der Waals surface area (Å²) in [5.74, 6) is -2.03. The smallest absolute Gasteiger partial charge is 0.411 e. The molecule has 1 unspecified atom stereocenters. The van der Waals surface area contributed by atoms with E-state index in [-0.39, 0.29) is 35.5 Å². The summed E-state index contributed by atoms with van der Waals surface area (Å²) in [7, 11) is 0. The number of ether oxygens (including phenoxy) is 1. The number of carboxylic acid groups (broad SMARTS) is 1. The quantitative estimate of drug-likeness (QED) is 0.193. The Kier molecular flexibility index (Phi) is 9.92. The number of carbonyl (C=O) groups excluding carboxylic acids is 2. The third-order valence-corrected chi connectivity index (χ3v) is 8.94. The highest BCUT2D eigenvalue weighted by Gasteiger charge is 2.64. The molecule has 1 aliphatic heterocycles. The first kappa shape index (κ1) is 36.9. The van der Waals surface area contributed by atoms with E-state index >= 15 is 0 Å². The largest absolute Gasteiger partial charge is 0.465 e. The van der Waals surface area contributed by atoms with Crippen molar-refractivity contribution in [2.75, 3.05) is 6.61 Å². The van der Waals surface area contributed by atoms with E-state index < -0.39 is 71.6 Å². The average Bonchev–Trinajstić information content (AvgIpc) is 3.54. The van der Waals surface area contributed by atoms with Gasteiger partial charge in [0.25, 0.3) is 12.3 Å². The number of alkyl carbamates (subject to hydrolysis) is 1. The Morgan fingerprint density at radius 1 is 1.12 bits per heavy atom. The van der Waals surface area contributed by atoms with Gasteiger partial charge in [-0.1, -0.05) is 66.5 Å². The van der Waals surface area contributed by atoms with Gasteiger partial charge in [0.05, 0.1) is 16.8 Å². The number of halogens is 7. The summed E-state index contributed by atoms with van der Waals surface area (Å²) in [6.45, 7) is 4.68. The number of guanidine groups is 1. The highest BCUT2D eigenvalue weighted by molar-refractivity contribution is 9.10. The van der Waals surface area contributed by atoms with Crippen LogP contribution in [0.3, 0.4) is 0 Å². The fourth-order valence-corrected chi connectivity index (χ4v) is 6.21. The number of benzene rings is 2. The molecule has 0 radical (unpaired) electrons. The third-order valence-electron chi connectivity index (χ3n) is 8.09. The number of hydrogen-bond acceptors (Lipinski definition) is 7. The van der Waals surface area contributed by atoms with Crippen molar-refractivity contribution in [1.82, 2.24) is 30.3 Å². The van der Waals surface area contributed by atoms with Crippen molar-refractivity contribution in [3.05, 3.63) is 75.2 Å². The average molecular weight is 791 g/mol. The Bertz CT molecular complexity index is 1830. The minimum atomic E-state index is -4.76. The van der Waals surface area contributed by atoms with Crippen molar-refractivity contribution in [3.8, 4) is 5.69 Å². The summed E-state index contributed by atoms with van der Waals surface area (Å²) in [4.78, 5) is 48.9. The Labute approximate surface area is 295 Å². The molecule has 1 aliphatic carbocycles. The Morgan fingerprint density at radius 3 is 2.34 bits per heavy atom. The van der Waals surface area contributed by atoms with Gasteiger partial charge in [-0.25, -0.2) is 33.0 Å². The number of aromatic nitrogens is 3. The fourth-order valence-electron chi connectivity index (χ4n) is 5.74. The standard InChI is InChI=1S/C31H30BrClF5N7O5/c1-28(2,3)14-30(17-5-7-18(32)8-6-17)24(46)44(25(42-30)41-26(47)48)21(13-50-27(49)43-29(10-11-29)31(36,37)38)16-4-9-19(33)20(12-16)45-23(22(34)35)39-15-40-45/h4-9,12,15,21-22H,10-11,13-14H2,1-3H3,(H,41,42)(H,43,49)(H,47,48)/t21?,30-/m1/s1. The predicted octanol–water partition coefficient (Wildman–Crippen LogP) is 7.28. The number of rotatable bonds is 9. The van der Waals surface area contributed by atoms with E-state index in [2.05, 4.69) is 36.3 Å². The van der Waals surface area contributed by atoms with Gasteiger partial charge < -0.3 is 15.2 Å². The van der Waals surface area contributed by atoms with E-state index in [9.17, 15) is 41.4 Å². The van der Waals surface area contributed by atoms with E-state index in [1.54, 1.807) is 24.3 Å². The Balaban J connectivity index is 1.64. The lowest BCUT2D eigenvalue weighted by molar-refractivity contribution is -0.164. The molecule has 1 aromatic heterocycles. The van der Waals surface area contributed by atoms with Crippen LogP contribution in [0.15, 0.2) is 58.3 Å². The lowest BCUT2D eigenvalue weighted by Gasteiger charge is -2.35. The first-order valence-corrected chi connectivity index (χ1v) is 16.1. The summed E-state index contributed by atoms with van der Waals surface area (Å²) in [6.07, 6.45) is -10.7. The van der Waals surface area contributed by atoms with Crippen molar-refractivity contribution >= 4 is 51.6 Å². The Morgan fingerprint density at radius 2 is 1.78 bits per heavy atom. The molecular weight excluding hydrogens is 761 g/mol. The molecule has 3 amide bonds. The predicted molar refractivity (Wildman–Crippen MR) is 172 cm³/mol. The van der Waals surface area contributed by atoms with Gasteiger partial charge in [0, 0.05) is 4.47 Å². The molecule has 0 bridgehead atoms. The topological polar surface area (TPSA) is 151 Å². The van der Waals surface area contributed by atoms with E-state index in [0.29, 0.717) is 10.0 Å². The van der Waals surface area contributed by atoms with E-state index in [1.165, 1.54) is 18.2 Å². The molecule has 19 heteroatoms. The molecule has 0 spiro atoms. The van der Waals surface area contributed by atoms with Gasteiger partial charge in [0.15, 0.2) is 11.4 Å². The van der Waals surface area contributed by atoms with E-state index in [0.717, 1.165) is 15.9 Å². The van der Waals surface area contributed by atoms with Crippen LogP contribution in [0.1, 0.15) is 69.5 Å². The van der Waals surface area contributed by atoms with Gasteiger partial charge in [-0.15, -0.1) is 0 Å². The number of nitrogens with one attached hydrogen (secondary N) is 2. The summed E-state index contributed by atoms with van der Waals surface area (Å²) >= 11 is 9.74. The zero-order chi connectivity index (χ0) is 36.8. The second-order valence-corrected chi connectivity index (χ2v) is 14.3. The van der Waals surface area contributed by atoms with Crippen LogP contribution >= 0.6 is 27.5 Å². The van der Waals surface area contributed by atoms with Crippen LogP contribution in [0.2, 0.25) is 5.02 Å². The zero-order valence-corrected chi connectivity index (χ0v) is 28.9. The maximum Gasteiger partial charge on any atom is 0.411 e. The monoisotopic (exact) mass is 789 g/mol. The summed E-state index contributed by atoms with van der Waals surface area (Å²) < 4.78 is 75.2. The van der Waals surface area contributed by atoms with Crippen LogP contribution in [0.5, 0.6) is 0 Å². The summed E-state index contributed by atoms with van der Waals surface area (Å²) in [6, 6.07) is 8.96. The number of alkyl halides is 5. The first-order chi connectivity index (χ1) is 23.3. The molecule has 3 aromatic rings. The van der Waals surface area contributed by atoms with Crippen LogP contribution in [0.25, 0.3) is 5.69 Å². The molecular formula is C31H30BrClF5N7O5. The summed E-state index contributed by atoms with van der Waals surface area (Å²) in [5.41, 5.74) is -4.52. The molecule has 2 aromatic carbocycles. The molecule has 1 saturated carbocycles. The minimum Gasteiger partial charge on any atom is -0.465 e.